The topological polar surface area (TPSA) is 105 Å². The van der Waals surface area contributed by atoms with Crippen LogP contribution in [0.15, 0.2) is 48.5 Å². The van der Waals surface area contributed by atoms with E-state index in [-0.39, 0.29) is 23.5 Å². The fourth-order valence-electron chi connectivity index (χ4n) is 4.81. The number of likely N-dealkylation sites (tertiary alicyclic amines) is 2. The second kappa shape index (κ2) is 12.5. The van der Waals surface area contributed by atoms with Gasteiger partial charge in [0.15, 0.2) is 0 Å². The average molecular weight is 543 g/mol. The van der Waals surface area contributed by atoms with Crippen LogP contribution in [0.3, 0.4) is 0 Å². The summed E-state index contributed by atoms with van der Waals surface area (Å²) in [6.07, 6.45) is 0.929. The molecule has 10 nitrogen and oxygen atoms in total. The molecule has 0 N–H and O–H groups in total. The van der Waals surface area contributed by atoms with Crippen LogP contribution in [0.25, 0.3) is 0 Å². The number of ether oxygens (including phenoxy) is 2. The predicted octanol–water partition coefficient (Wildman–Crippen LogP) is 3.78. The summed E-state index contributed by atoms with van der Waals surface area (Å²) in [5.41, 5.74) is 1.76. The lowest BCUT2D eigenvalue weighted by Crippen LogP contribution is -2.48. The van der Waals surface area contributed by atoms with Gasteiger partial charge in [-0.1, -0.05) is 12.1 Å². The van der Waals surface area contributed by atoms with Crippen molar-refractivity contribution in [2.75, 3.05) is 40.8 Å². The van der Waals surface area contributed by atoms with E-state index in [9.17, 15) is 19.7 Å². The summed E-state index contributed by atoms with van der Waals surface area (Å²) in [7, 11) is 5.67. The first-order valence-electron chi connectivity index (χ1n) is 12.6. The van der Waals surface area contributed by atoms with E-state index >= 15 is 0 Å². The van der Waals surface area contributed by atoms with Crippen molar-refractivity contribution in [1.29, 1.82) is 0 Å². The standard InChI is InChI=1S/C27H34N4O6S/c1-28(2)22-12-13-29(15-22)26(32)25-14-24(38-18-20-6-10-23(36-3)11-7-20)16-30(25)27(33)37-17-19-4-8-21(9-5-19)31(34)35/h4-11,22,24-25H,12-18H2,1-3H3/t22?,24-,25-/m0/s1. The second-order valence-electron chi connectivity index (χ2n) is 9.85. The first-order chi connectivity index (χ1) is 18.2. The molecule has 0 aliphatic carbocycles. The van der Waals surface area contributed by atoms with Gasteiger partial charge in [-0.15, -0.1) is 0 Å². The summed E-state index contributed by atoms with van der Waals surface area (Å²) >= 11 is 1.73. The largest absolute Gasteiger partial charge is 0.497 e. The number of carbonyl (C=O) groups is 2. The van der Waals surface area contributed by atoms with Crippen molar-refractivity contribution in [2.24, 2.45) is 0 Å². The molecule has 2 aromatic carbocycles. The number of hydrogen-bond donors (Lipinski definition) is 0. The molecule has 204 valence electrons. The van der Waals surface area contributed by atoms with Crippen molar-refractivity contribution in [3.63, 3.8) is 0 Å². The number of amides is 2. The Labute approximate surface area is 227 Å². The molecule has 2 aliphatic rings. The molecule has 0 bridgehead atoms. The number of thioether (sulfide) groups is 1. The lowest BCUT2D eigenvalue weighted by Gasteiger charge is -2.27. The minimum Gasteiger partial charge on any atom is -0.497 e. The lowest BCUT2D eigenvalue weighted by atomic mass is 10.2. The van der Waals surface area contributed by atoms with Crippen LogP contribution < -0.4 is 4.74 Å². The molecule has 0 radical (unpaired) electrons. The molecular weight excluding hydrogens is 508 g/mol. The van der Waals surface area contributed by atoms with E-state index in [4.69, 9.17) is 9.47 Å². The molecule has 4 rings (SSSR count). The SMILES string of the molecule is COc1ccc(CS[C@H]2C[C@@H](C(=O)N3CCC(N(C)C)C3)N(C(=O)OCc3ccc([N+](=O)[O-])cc3)C2)cc1. The Morgan fingerprint density at radius 2 is 1.76 bits per heavy atom. The number of methoxy groups -OCH3 is 1. The first kappa shape index (κ1) is 27.7. The first-order valence-corrected chi connectivity index (χ1v) is 13.7. The van der Waals surface area contributed by atoms with Crippen molar-refractivity contribution in [3.8, 4) is 5.75 Å². The third kappa shape index (κ3) is 6.76. The Hall–Kier alpha value is -3.31. The Morgan fingerprint density at radius 3 is 2.37 bits per heavy atom. The monoisotopic (exact) mass is 542 g/mol. The number of hydrogen-bond acceptors (Lipinski definition) is 8. The van der Waals surface area contributed by atoms with Gasteiger partial charge in [-0.05, 0) is 62.3 Å². The van der Waals surface area contributed by atoms with Gasteiger partial charge < -0.3 is 19.3 Å². The van der Waals surface area contributed by atoms with Gasteiger partial charge in [-0.25, -0.2) is 4.79 Å². The highest BCUT2D eigenvalue weighted by molar-refractivity contribution is 7.99. The van der Waals surface area contributed by atoms with Gasteiger partial charge in [0, 0.05) is 48.8 Å². The number of rotatable bonds is 9. The zero-order chi connectivity index (χ0) is 27.2. The zero-order valence-corrected chi connectivity index (χ0v) is 22.8. The fraction of sp³-hybridized carbons (Fsp3) is 0.481. The number of likely N-dealkylation sites (N-methyl/N-ethyl adjacent to an activating group) is 1. The molecule has 0 aromatic heterocycles. The van der Waals surface area contributed by atoms with E-state index < -0.39 is 17.1 Å². The van der Waals surface area contributed by atoms with Gasteiger partial charge in [0.2, 0.25) is 5.91 Å². The zero-order valence-electron chi connectivity index (χ0n) is 21.9. The van der Waals surface area contributed by atoms with Gasteiger partial charge in [-0.2, -0.15) is 11.8 Å². The molecule has 0 saturated carbocycles. The van der Waals surface area contributed by atoms with Crippen molar-refractivity contribution in [1.82, 2.24) is 14.7 Å². The molecule has 38 heavy (non-hydrogen) atoms. The van der Waals surface area contributed by atoms with Crippen LogP contribution in [0.1, 0.15) is 24.0 Å². The van der Waals surface area contributed by atoms with E-state index in [0.29, 0.717) is 37.7 Å². The normalized spacial score (nSPS) is 21.1. The van der Waals surface area contributed by atoms with E-state index in [2.05, 4.69) is 4.90 Å². The van der Waals surface area contributed by atoms with E-state index in [1.165, 1.54) is 12.1 Å². The molecule has 2 aromatic rings. The summed E-state index contributed by atoms with van der Waals surface area (Å²) in [6, 6.07) is 13.5. The number of carbonyl (C=O) groups excluding carboxylic acids is 2. The van der Waals surface area contributed by atoms with Crippen molar-refractivity contribution in [3.05, 3.63) is 69.8 Å². The molecule has 1 unspecified atom stereocenters. The van der Waals surface area contributed by atoms with Crippen molar-refractivity contribution < 1.29 is 24.0 Å². The summed E-state index contributed by atoms with van der Waals surface area (Å²) in [6.45, 7) is 1.72. The number of non-ortho nitro benzene ring substituents is 1. The molecule has 0 spiro atoms. The highest BCUT2D eigenvalue weighted by Gasteiger charge is 2.43. The molecular formula is C27H34N4O6S. The van der Waals surface area contributed by atoms with Gasteiger partial charge in [0.25, 0.3) is 5.69 Å². The van der Waals surface area contributed by atoms with Gasteiger partial charge >= 0.3 is 6.09 Å². The Balaban J connectivity index is 1.41. The molecule has 11 heteroatoms. The quantitative estimate of drug-likeness (QED) is 0.348. The predicted molar refractivity (Wildman–Crippen MR) is 145 cm³/mol. The fourth-order valence-corrected chi connectivity index (χ4v) is 6.01. The smallest absolute Gasteiger partial charge is 0.410 e. The second-order valence-corrected chi connectivity index (χ2v) is 11.1. The Kier molecular flexibility index (Phi) is 9.11. The van der Waals surface area contributed by atoms with Crippen LogP contribution >= 0.6 is 11.8 Å². The van der Waals surface area contributed by atoms with Crippen molar-refractivity contribution in [2.45, 2.75) is 42.5 Å². The third-order valence-corrected chi connectivity index (χ3v) is 8.45. The van der Waals surface area contributed by atoms with E-state index in [1.54, 1.807) is 35.9 Å². The van der Waals surface area contributed by atoms with Gasteiger partial charge in [0.1, 0.15) is 18.4 Å². The highest BCUT2D eigenvalue weighted by atomic mass is 32.2. The minimum absolute atomic E-state index is 0.0235. The van der Waals surface area contributed by atoms with Gasteiger partial charge in [-0.3, -0.25) is 19.8 Å². The maximum atomic E-state index is 13.6. The number of nitro groups is 1. The molecule has 2 fully saturated rings. The van der Waals surface area contributed by atoms with E-state index in [1.807, 2.05) is 43.3 Å². The Bertz CT molecular complexity index is 1130. The lowest BCUT2D eigenvalue weighted by molar-refractivity contribution is -0.384. The van der Waals surface area contributed by atoms with Crippen LogP contribution in [0, 0.1) is 10.1 Å². The average Bonchev–Trinajstić information content (AvgIpc) is 3.59. The molecule has 2 saturated heterocycles. The maximum absolute atomic E-state index is 13.6. The van der Waals surface area contributed by atoms with Crippen LogP contribution in [0.2, 0.25) is 0 Å². The highest BCUT2D eigenvalue weighted by Crippen LogP contribution is 2.32. The minimum atomic E-state index is -0.575. The van der Waals surface area contributed by atoms with Crippen LogP contribution in [-0.2, 0) is 21.9 Å². The Morgan fingerprint density at radius 1 is 1.08 bits per heavy atom. The third-order valence-electron chi connectivity index (χ3n) is 7.14. The summed E-state index contributed by atoms with van der Waals surface area (Å²) < 4.78 is 10.8. The van der Waals surface area contributed by atoms with Crippen LogP contribution in [-0.4, -0.2) is 89.8 Å². The summed E-state index contributed by atoms with van der Waals surface area (Å²) in [5, 5.41) is 11.0. The number of nitro benzene ring substituents is 1. The molecule has 2 aliphatic heterocycles. The summed E-state index contributed by atoms with van der Waals surface area (Å²) in [4.78, 5) is 42.7. The maximum Gasteiger partial charge on any atom is 0.410 e. The van der Waals surface area contributed by atoms with Crippen molar-refractivity contribution >= 4 is 29.4 Å². The molecule has 2 amide bonds. The van der Waals surface area contributed by atoms with E-state index in [0.717, 1.165) is 23.5 Å². The molecule has 2 heterocycles. The van der Waals surface area contributed by atoms with Crippen LogP contribution in [0.5, 0.6) is 5.75 Å². The van der Waals surface area contributed by atoms with Crippen LogP contribution in [0.4, 0.5) is 10.5 Å². The number of benzene rings is 2. The number of nitrogens with zero attached hydrogens (tertiary/aromatic N) is 4. The molecule has 3 atom stereocenters. The summed E-state index contributed by atoms with van der Waals surface area (Å²) in [5.74, 6) is 1.52. The van der Waals surface area contributed by atoms with Gasteiger partial charge in [0.05, 0.1) is 12.0 Å².